The lowest BCUT2D eigenvalue weighted by Crippen LogP contribution is -2.34. The minimum absolute atomic E-state index is 0.0491. The van der Waals surface area contributed by atoms with E-state index in [2.05, 4.69) is 15.3 Å². The number of halogens is 1. The monoisotopic (exact) mass is 438 g/mol. The molecule has 3 aromatic rings. The highest BCUT2D eigenvalue weighted by Gasteiger charge is 2.27. The average Bonchev–Trinajstić information content (AvgIpc) is 2.75. The van der Waals surface area contributed by atoms with E-state index in [1.54, 1.807) is 23.1 Å². The molecular weight excluding hydrogens is 416 g/mol. The van der Waals surface area contributed by atoms with Gasteiger partial charge in [-0.15, -0.1) is 0 Å². The molecule has 1 aromatic heterocycles. The van der Waals surface area contributed by atoms with Gasteiger partial charge in [-0.25, -0.2) is 4.98 Å². The molecule has 0 saturated carbocycles. The van der Waals surface area contributed by atoms with Crippen molar-refractivity contribution < 1.29 is 9.59 Å². The lowest BCUT2D eigenvalue weighted by molar-refractivity contribution is -0.132. The predicted molar refractivity (Wildman–Crippen MR) is 120 cm³/mol. The van der Waals surface area contributed by atoms with Crippen molar-refractivity contribution in [2.24, 2.45) is 5.92 Å². The smallest absolute Gasteiger partial charge is 0.258 e. The van der Waals surface area contributed by atoms with E-state index in [0.717, 1.165) is 11.3 Å². The van der Waals surface area contributed by atoms with Crippen LogP contribution < -0.4 is 10.9 Å². The van der Waals surface area contributed by atoms with Crippen LogP contribution in [0, 0.1) is 5.92 Å². The van der Waals surface area contributed by atoms with E-state index in [1.807, 2.05) is 31.2 Å². The molecule has 2 N–H and O–H groups in total. The zero-order valence-electron chi connectivity index (χ0n) is 17.2. The van der Waals surface area contributed by atoms with E-state index in [4.69, 9.17) is 11.6 Å². The second-order valence-electron chi connectivity index (χ2n) is 7.67. The standard InChI is InChI=1S/C23H23ClN4O3/c1-2-28(13-20-25-19-12-16(24)8-9-17(19)23(31)27-20)21(29)10-7-15-11-14-5-3-4-6-18(14)26-22(15)30/h3-6,8-9,12,15H,2,7,10-11,13H2,1H3,(H,26,30)(H,25,27,31). The fourth-order valence-corrected chi connectivity index (χ4v) is 4.06. The topological polar surface area (TPSA) is 95.2 Å². The summed E-state index contributed by atoms with van der Waals surface area (Å²) in [5.74, 6) is 0.0348. The Bertz CT molecular complexity index is 1210. The summed E-state index contributed by atoms with van der Waals surface area (Å²) in [5, 5.41) is 3.86. The van der Waals surface area contributed by atoms with Crippen LogP contribution in [0.2, 0.25) is 5.02 Å². The molecule has 1 atom stereocenters. The molecule has 0 bridgehead atoms. The van der Waals surface area contributed by atoms with Crippen LogP contribution in [0.25, 0.3) is 10.9 Å². The Morgan fingerprint density at radius 2 is 2.03 bits per heavy atom. The maximum atomic E-state index is 12.8. The van der Waals surface area contributed by atoms with Gasteiger partial charge in [-0.2, -0.15) is 0 Å². The molecular formula is C23H23ClN4O3. The Balaban J connectivity index is 1.43. The quantitative estimate of drug-likeness (QED) is 0.615. The van der Waals surface area contributed by atoms with Crippen molar-refractivity contribution in [1.82, 2.24) is 14.9 Å². The third-order valence-corrected chi connectivity index (χ3v) is 5.85. The second kappa shape index (κ2) is 8.89. The highest BCUT2D eigenvalue weighted by atomic mass is 35.5. The van der Waals surface area contributed by atoms with E-state index in [-0.39, 0.29) is 36.3 Å². The molecule has 1 aliphatic heterocycles. The average molecular weight is 439 g/mol. The maximum absolute atomic E-state index is 12.8. The van der Waals surface area contributed by atoms with Crippen molar-refractivity contribution in [2.75, 3.05) is 11.9 Å². The van der Waals surface area contributed by atoms with E-state index < -0.39 is 0 Å². The number of carbonyl (C=O) groups is 2. The molecule has 8 heteroatoms. The lowest BCUT2D eigenvalue weighted by atomic mass is 9.89. The molecule has 0 fully saturated rings. The van der Waals surface area contributed by atoms with Gasteiger partial charge in [0.25, 0.3) is 5.56 Å². The number of nitrogens with one attached hydrogen (secondary N) is 2. The Labute approximate surface area is 184 Å². The van der Waals surface area contributed by atoms with Gasteiger partial charge in [0.2, 0.25) is 11.8 Å². The maximum Gasteiger partial charge on any atom is 0.258 e. The van der Waals surface area contributed by atoms with Gasteiger partial charge < -0.3 is 15.2 Å². The molecule has 4 rings (SSSR count). The number of aromatic amines is 1. The molecule has 1 unspecified atom stereocenters. The first kappa shape index (κ1) is 21.1. The number of fused-ring (bicyclic) bond motifs is 2. The predicted octanol–water partition coefficient (Wildman–Crippen LogP) is 3.52. The van der Waals surface area contributed by atoms with Gasteiger partial charge in [0.15, 0.2) is 0 Å². The van der Waals surface area contributed by atoms with E-state index >= 15 is 0 Å². The summed E-state index contributed by atoms with van der Waals surface area (Å²) in [4.78, 5) is 46.4. The van der Waals surface area contributed by atoms with Crippen LogP contribution in [-0.4, -0.2) is 33.2 Å². The number of aromatic nitrogens is 2. The van der Waals surface area contributed by atoms with Crippen molar-refractivity contribution in [3.05, 3.63) is 69.2 Å². The van der Waals surface area contributed by atoms with Gasteiger partial charge >= 0.3 is 0 Å². The molecule has 7 nitrogen and oxygen atoms in total. The summed E-state index contributed by atoms with van der Waals surface area (Å²) in [6, 6.07) is 12.6. The first-order valence-corrected chi connectivity index (χ1v) is 10.7. The fraction of sp³-hybridized carbons (Fsp3) is 0.304. The number of carbonyl (C=O) groups excluding carboxylic acids is 2. The minimum atomic E-state index is -0.266. The van der Waals surface area contributed by atoms with Crippen LogP contribution in [0.5, 0.6) is 0 Å². The SMILES string of the molecule is CCN(Cc1nc2cc(Cl)ccc2c(=O)[nH]1)C(=O)CCC1Cc2ccccc2NC1=O. The third kappa shape index (κ3) is 4.61. The van der Waals surface area contributed by atoms with Gasteiger partial charge in [0.05, 0.1) is 17.4 Å². The van der Waals surface area contributed by atoms with Crippen molar-refractivity contribution in [1.29, 1.82) is 0 Å². The molecule has 1 aliphatic rings. The van der Waals surface area contributed by atoms with Crippen LogP contribution in [-0.2, 0) is 22.6 Å². The summed E-state index contributed by atoms with van der Waals surface area (Å²) >= 11 is 6.02. The first-order valence-electron chi connectivity index (χ1n) is 10.3. The molecule has 31 heavy (non-hydrogen) atoms. The molecule has 0 aliphatic carbocycles. The summed E-state index contributed by atoms with van der Waals surface area (Å²) in [5.41, 5.74) is 2.16. The number of H-pyrrole nitrogens is 1. The molecule has 0 radical (unpaired) electrons. The third-order valence-electron chi connectivity index (χ3n) is 5.61. The Morgan fingerprint density at radius 3 is 2.84 bits per heavy atom. The first-order chi connectivity index (χ1) is 14.9. The molecule has 2 heterocycles. The fourth-order valence-electron chi connectivity index (χ4n) is 3.90. The van der Waals surface area contributed by atoms with E-state index in [1.165, 1.54) is 0 Å². The number of rotatable bonds is 6. The van der Waals surface area contributed by atoms with Crippen LogP contribution >= 0.6 is 11.6 Å². The van der Waals surface area contributed by atoms with Crippen LogP contribution in [0.4, 0.5) is 5.69 Å². The number of nitrogens with zero attached hydrogens (tertiary/aromatic N) is 2. The zero-order valence-corrected chi connectivity index (χ0v) is 17.9. The Morgan fingerprint density at radius 1 is 1.23 bits per heavy atom. The Kier molecular flexibility index (Phi) is 6.04. The van der Waals surface area contributed by atoms with Gasteiger partial charge in [0, 0.05) is 29.6 Å². The zero-order chi connectivity index (χ0) is 22.0. The van der Waals surface area contributed by atoms with Gasteiger partial charge in [-0.1, -0.05) is 29.8 Å². The normalized spacial score (nSPS) is 15.4. The van der Waals surface area contributed by atoms with Crippen molar-refractivity contribution in [2.45, 2.75) is 32.7 Å². The molecule has 0 saturated heterocycles. The van der Waals surface area contributed by atoms with Crippen molar-refractivity contribution in [3.8, 4) is 0 Å². The Hall–Kier alpha value is -3.19. The number of hydrogen-bond donors (Lipinski definition) is 2. The molecule has 2 aromatic carbocycles. The van der Waals surface area contributed by atoms with E-state index in [0.29, 0.717) is 41.1 Å². The van der Waals surface area contributed by atoms with Gasteiger partial charge in [-0.3, -0.25) is 14.4 Å². The van der Waals surface area contributed by atoms with Crippen LogP contribution in [0.15, 0.2) is 47.3 Å². The summed E-state index contributed by atoms with van der Waals surface area (Å²) in [6.45, 7) is 2.53. The lowest BCUT2D eigenvalue weighted by Gasteiger charge is -2.26. The van der Waals surface area contributed by atoms with E-state index in [9.17, 15) is 14.4 Å². The van der Waals surface area contributed by atoms with Crippen LogP contribution in [0.3, 0.4) is 0 Å². The number of benzene rings is 2. The summed E-state index contributed by atoms with van der Waals surface area (Å²) in [7, 11) is 0. The molecule has 2 amide bonds. The number of hydrogen-bond acceptors (Lipinski definition) is 4. The highest BCUT2D eigenvalue weighted by molar-refractivity contribution is 6.31. The second-order valence-corrected chi connectivity index (χ2v) is 8.10. The number of para-hydroxylation sites is 1. The highest BCUT2D eigenvalue weighted by Crippen LogP contribution is 2.27. The molecule has 160 valence electrons. The van der Waals surface area contributed by atoms with Crippen molar-refractivity contribution in [3.63, 3.8) is 0 Å². The van der Waals surface area contributed by atoms with Crippen LogP contribution in [0.1, 0.15) is 31.2 Å². The number of anilines is 1. The van der Waals surface area contributed by atoms with Gasteiger partial charge in [0.1, 0.15) is 5.82 Å². The summed E-state index contributed by atoms with van der Waals surface area (Å²) in [6.07, 6.45) is 1.34. The molecule has 0 spiro atoms. The minimum Gasteiger partial charge on any atom is -0.336 e. The van der Waals surface area contributed by atoms with Gasteiger partial charge in [-0.05, 0) is 49.6 Å². The van der Waals surface area contributed by atoms with Crippen molar-refractivity contribution >= 4 is 40.0 Å². The number of amides is 2. The summed E-state index contributed by atoms with van der Waals surface area (Å²) < 4.78 is 0. The largest absolute Gasteiger partial charge is 0.336 e.